The molecule has 0 radical (unpaired) electrons. The van der Waals surface area contributed by atoms with Crippen LogP contribution in [0.4, 0.5) is 0 Å². The van der Waals surface area contributed by atoms with Crippen LogP contribution < -0.4 is 38.9 Å². The Morgan fingerprint density at radius 1 is 0.722 bits per heavy atom. The minimum absolute atomic E-state index is 0.0227. The highest BCUT2D eigenvalue weighted by atomic mass is 16.4. The number of nitrogens with two attached hydrogens (primary N) is 4. The SMILES string of the molecule is CC(C)CC(NC(=O)C(CCCCN)NC(=O)C(CCCCN)NC(=O)C(N)CCC(N)=O)C(=O)O. The highest BCUT2D eigenvalue weighted by Crippen LogP contribution is 2.09. The van der Waals surface area contributed by atoms with E-state index in [2.05, 4.69) is 16.0 Å². The van der Waals surface area contributed by atoms with Gasteiger partial charge in [-0.05, 0) is 70.4 Å². The molecule has 4 atom stereocenters. The molecule has 12 N–H and O–H groups in total. The second-order valence-electron chi connectivity index (χ2n) is 9.33. The van der Waals surface area contributed by atoms with Crippen LogP contribution >= 0.6 is 0 Å². The fourth-order valence-corrected chi connectivity index (χ4v) is 3.47. The molecule has 4 amide bonds. The first-order valence-electron chi connectivity index (χ1n) is 12.5. The zero-order valence-electron chi connectivity index (χ0n) is 21.5. The molecule has 0 aliphatic carbocycles. The van der Waals surface area contributed by atoms with Crippen molar-refractivity contribution in [3.63, 3.8) is 0 Å². The number of carbonyl (C=O) groups excluding carboxylic acids is 4. The van der Waals surface area contributed by atoms with Gasteiger partial charge in [0, 0.05) is 6.42 Å². The van der Waals surface area contributed by atoms with Gasteiger partial charge in [-0.1, -0.05) is 13.8 Å². The number of amides is 4. The molecule has 13 heteroatoms. The van der Waals surface area contributed by atoms with Crippen LogP contribution in [0, 0.1) is 5.92 Å². The summed E-state index contributed by atoms with van der Waals surface area (Å²) in [5.41, 5.74) is 22.0. The average molecular weight is 516 g/mol. The summed E-state index contributed by atoms with van der Waals surface area (Å²) in [6, 6.07) is -4.16. The number of hydrogen-bond acceptors (Lipinski definition) is 8. The molecule has 0 aliphatic rings. The number of primary amides is 1. The predicted molar refractivity (Wildman–Crippen MR) is 135 cm³/mol. The number of unbranched alkanes of at least 4 members (excludes halogenated alkanes) is 2. The fraction of sp³-hybridized carbons (Fsp3) is 0.783. The van der Waals surface area contributed by atoms with Crippen LogP contribution in [0.25, 0.3) is 0 Å². The Bertz CT molecular complexity index is 719. The smallest absolute Gasteiger partial charge is 0.326 e. The third-order valence-corrected chi connectivity index (χ3v) is 5.52. The zero-order valence-corrected chi connectivity index (χ0v) is 21.5. The van der Waals surface area contributed by atoms with E-state index in [1.165, 1.54) is 0 Å². The third-order valence-electron chi connectivity index (χ3n) is 5.52. The Morgan fingerprint density at radius 3 is 1.56 bits per heavy atom. The van der Waals surface area contributed by atoms with Crippen LogP contribution in [0.1, 0.15) is 71.6 Å². The van der Waals surface area contributed by atoms with E-state index in [0.717, 1.165) is 0 Å². The van der Waals surface area contributed by atoms with Crippen molar-refractivity contribution in [2.75, 3.05) is 13.1 Å². The molecule has 4 unspecified atom stereocenters. The van der Waals surface area contributed by atoms with Crippen molar-refractivity contribution >= 4 is 29.6 Å². The molecule has 208 valence electrons. The lowest BCUT2D eigenvalue weighted by Crippen LogP contribution is -2.57. The van der Waals surface area contributed by atoms with Crippen molar-refractivity contribution in [2.24, 2.45) is 28.9 Å². The van der Waals surface area contributed by atoms with E-state index in [9.17, 15) is 29.1 Å². The lowest BCUT2D eigenvalue weighted by atomic mass is 10.0. The molecule has 0 heterocycles. The maximum absolute atomic E-state index is 13.1. The van der Waals surface area contributed by atoms with E-state index in [4.69, 9.17) is 22.9 Å². The second kappa shape index (κ2) is 18.5. The molecule has 0 fully saturated rings. The van der Waals surface area contributed by atoms with Gasteiger partial charge in [-0.3, -0.25) is 19.2 Å². The second-order valence-corrected chi connectivity index (χ2v) is 9.33. The van der Waals surface area contributed by atoms with Gasteiger partial charge in [-0.25, -0.2) is 4.79 Å². The minimum atomic E-state index is -1.17. The summed E-state index contributed by atoms with van der Waals surface area (Å²) in [6.45, 7) is 4.47. The largest absolute Gasteiger partial charge is 0.480 e. The summed E-state index contributed by atoms with van der Waals surface area (Å²) in [4.78, 5) is 61.1. The molecule has 0 aromatic rings. The zero-order chi connectivity index (χ0) is 27.7. The molecule has 36 heavy (non-hydrogen) atoms. The standard InChI is InChI=1S/C23H45N7O6/c1-14(2)13-18(23(35)36)30-22(34)17(8-4-6-12-25)29-21(33)16(7-3-5-11-24)28-20(32)15(26)9-10-19(27)31/h14-18H,3-13,24-26H2,1-2H3,(H2,27,31)(H,28,32)(H,29,33)(H,30,34)(H,35,36). The molecule has 0 rings (SSSR count). The predicted octanol–water partition coefficient (Wildman–Crippen LogP) is -1.58. The van der Waals surface area contributed by atoms with Gasteiger partial charge in [0.05, 0.1) is 6.04 Å². The quantitative estimate of drug-likeness (QED) is 0.0870. The van der Waals surface area contributed by atoms with E-state index in [-0.39, 0.29) is 38.0 Å². The number of aliphatic carboxylic acids is 1. The number of carboxylic acid groups (broad SMARTS) is 1. The van der Waals surface area contributed by atoms with Gasteiger partial charge < -0.3 is 44.0 Å². The molecule has 0 saturated heterocycles. The topological polar surface area (TPSA) is 246 Å². The van der Waals surface area contributed by atoms with Crippen LogP contribution in [0.15, 0.2) is 0 Å². The van der Waals surface area contributed by atoms with Crippen LogP contribution in [0.2, 0.25) is 0 Å². The van der Waals surface area contributed by atoms with Gasteiger partial charge >= 0.3 is 5.97 Å². The molecule has 0 aliphatic heterocycles. The molecule has 0 aromatic heterocycles. The average Bonchev–Trinajstić information content (AvgIpc) is 2.80. The molecule has 0 bridgehead atoms. The van der Waals surface area contributed by atoms with E-state index in [0.29, 0.717) is 38.8 Å². The van der Waals surface area contributed by atoms with Crippen LogP contribution in [0.5, 0.6) is 0 Å². The Hall–Kier alpha value is -2.77. The Balaban J connectivity index is 5.51. The maximum Gasteiger partial charge on any atom is 0.326 e. The first kappa shape index (κ1) is 33.2. The summed E-state index contributed by atoms with van der Waals surface area (Å²) in [7, 11) is 0. The highest BCUT2D eigenvalue weighted by Gasteiger charge is 2.30. The lowest BCUT2D eigenvalue weighted by Gasteiger charge is -2.25. The van der Waals surface area contributed by atoms with Crippen molar-refractivity contribution in [3.05, 3.63) is 0 Å². The molecular weight excluding hydrogens is 470 g/mol. The number of rotatable bonds is 20. The first-order chi connectivity index (χ1) is 16.9. The summed E-state index contributed by atoms with van der Waals surface area (Å²) in [5.74, 6) is -3.60. The Morgan fingerprint density at radius 2 is 1.17 bits per heavy atom. The Labute approximate surface area is 212 Å². The van der Waals surface area contributed by atoms with E-state index >= 15 is 0 Å². The van der Waals surface area contributed by atoms with Gasteiger partial charge in [-0.15, -0.1) is 0 Å². The van der Waals surface area contributed by atoms with Gasteiger partial charge in [0.25, 0.3) is 0 Å². The molecule has 0 spiro atoms. The Kier molecular flexibility index (Phi) is 17.1. The van der Waals surface area contributed by atoms with Gasteiger partial charge in [0.1, 0.15) is 18.1 Å². The normalized spacial score (nSPS) is 14.4. The summed E-state index contributed by atoms with van der Waals surface area (Å²) in [5, 5.41) is 17.2. The van der Waals surface area contributed by atoms with E-state index in [1.54, 1.807) is 0 Å². The van der Waals surface area contributed by atoms with Gasteiger partial charge in [-0.2, -0.15) is 0 Å². The van der Waals surface area contributed by atoms with Crippen LogP contribution in [-0.4, -0.2) is 72.0 Å². The number of nitrogens with one attached hydrogen (secondary N) is 3. The fourth-order valence-electron chi connectivity index (χ4n) is 3.47. The van der Waals surface area contributed by atoms with Gasteiger partial charge in [0.15, 0.2) is 0 Å². The maximum atomic E-state index is 13.1. The monoisotopic (exact) mass is 515 g/mol. The molecule has 0 aromatic carbocycles. The minimum Gasteiger partial charge on any atom is -0.480 e. The number of carboxylic acids is 1. The molecular formula is C23H45N7O6. The van der Waals surface area contributed by atoms with Crippen molar-refractivity contribution in [3.8, 4) is 0 Å². The van der Waals surface area contributed by atoms with Gasteiger partial charge in [0.2, 0.25) is 23.6 Å². The summed E-state index contributed by atoms with van der Waals surface area (Å²) in [6.07, 6.45) is 2.94. The highest BCUT2D eigenvalue weighted by molar-refractivity contribution is 5.94. The molecule has 0 saturated carbocycles. The third kappa shape index (κ3) is 14.6. The summed E-state index contributed by atoms with van der Waals surface area (Å²) < 4.78 is 0. The summed E-state index contributed by atoms with van der Waals surface area (Å²) >= 11 is 0. The first-order valence-corrected chi connectivity index (χ1v) is 12.5. The van der Waals surface area contributed by atoms with E-state index < -0.39 is 53.8 Å². The number of hydrogen-bond donors (Lipinski definition) is 8. The van der Waals surface area contributed by atoms with Crippen molar-refractivity contribution in [1.82, 2.24) is 16.0 Å². The van der Waals surface area contributed by atoms with Crippen molar-refractivity contribution in [2.45, 2.75) is 95.8 Å². The number of carbonyl (C=O) groups is 5. The van der Waals surface area contributed by atoms with Crippen molar-refractivity contribution < 1.29 is 29.1 Å². The lowest BCUT2D eigenvalue weighted by molar-refractivity contribution is -0.143. The van der Waals surface area contributed by atoms with Crippen LogP contribution in [-0.2, 0) is 24.0 Å². The van der Waals surface area contributed by atoms with Crippen molar-refractivity contribution in [1.29, 1.82) is 0 Å². The van der Waals surface area contributed by atoms with Crippen LogP contribution in [0.3, 0.4) is 0 Å². The van der Waals surface area contributed by atoms with E-state index in [1.807, 2.05) is 13.8 Å². The molecule has 13 nitrogen and oxygen atoms in total.